The van der Waals surface area contributed by atoms with Gasteiger partial charge in [-0.1, -0.05) is 66.0 Å². The zero-order chi connectivity index (χ0) is 29.7. The van der Waals surface area contributed by atoms with Gasteiger partial charge in [0.2, 0.25) is 0 Å². The second kappa shape index (κ2) is 12.5. The Hall–Kier alpha value is -0.500. The average molecular weight is 577 g/mol. The van der Waals surface area contributed by atoms with Crippen LogP contribution in [-0.4, -0.2) is 63.8 Å². The van der Waals surface area contributed by atoms with Crippen LogP contribution in [0.3, 0.4) is 0 Å². The molecule has 0 amide bonds. The van der Waals surface area contributed by atoms with Crippen LogP contribution in [0.25, 0.3) is 0 Å². The van der Waals surface area contributed by atoms with E-state index in [0.29, 0.717) is 5.41 Å². The van der Waals surface area contributed by atoms with Crippen LogP contribution in [0.5, 0.6) is 0 Å². The van der Waals surface area contributed by atoms with Crippen molar-refractivity contribution in [3.05, 3.63) is 11.6 Å². The standard InChI is InChI=1S/C35H60O6/c1-7-22(20(2)3)9-8-21(4)26-12-13-27-25-11-10-23-18-24(14-16-34(23,5)28(25)15-17-35(26,27)6)40-33-32(39)31(38)30(37)29(19-36)41-33/h10,20-22,24-33,36-39H,7-9,11-19H2,1-6H3/t21-,22-,24+,25-,26-,27-,28+,29-,30-,31+,32-,33-,34+,35-/m1/s1. The van der Waals surface area contributed by atoms with Gasteiger partial charge in [0, 0.05) is 0 Å². The molecule has 41 heavy (non-hydrogen) atoms. The molecule has 0 aromatic rings. The van der Waals surface area contributed by atoms with Crippen LogP contribution in [-0.2, 0) is 9.47 Å². The zero-order valence-corrected chi connectivity index (χ0v) is 26.7. The topological polar surface area (TPSA) is 99.4 Å². The van der Waals surface area contributed by atoms with Crippen molar-refractivity contribution in [3.8, 4) is 0 Å². The minimum absolute atomic E-state index is 0.101. The fraction of sp³-hybridized carbons (Fsp3) is 0.943. The van der Waals surface area contributed by atoms with E-state index in [2.05, 4.69) is 47.6 Å². The molecule has 5 rings (SSSR count). The molecule has 4 fully saturated rings. The maximum Gasteiger partial charge on any atom is 0.186 e. The quantitative estimate of drug-likeness (QED) is 0.257. The van der Waals surface area contributed by atoms with Crippen molar-refractivity contribution < 1.29 is 29.9 Å². The Bertz CT molecular complexity index is 918. The fourth-order valence-electron chi connectivity index (χ4n) is 10.8. The Kier molecular flexibility index (Phi) is 9.71. The first kappa shape index (κ1) is 31.9. The third-order valence-electron chi connectivity index (χ3n) is 13.5. The first-order valence-electron chi connectivity index (χ1n) is 17.1. The highest BCUT2D eigenvalue weighted by Gasteiger charge is 2.59. The lowest BCUT2D eigenvalue weighted by atomic mass is 9.47. The van der Waals surface area contributed by atoms with Gasteiger partial charge in [0.05, 0.1) is 12.7 Å². The van der Waals surface area contributed by atoms with Crippen LogP contribution >= 0.6 is 0 Å². The van der Waals surface area contributed by atoms with E-state index in [-0.39, 0.29) is 11.5 Å². The second-order valence-corrected chi connectivity index (χ2v) is 15.7. The Morgan fingerprint density at radius 3 is 2.39 bits per heavy atom. The van der Waals surface area contributed by atoms with Crippen LogP contribution < -0.4 is 0 Å². The van der Waals surface area contributed by atoms with E-state index >= 15 is 0 Å². The molecule has 14 atom stereocenters. The van der Waals surface area contributed by atoms with Crippen molar-refractivity contribution in [2.45, 2.75) is 149 Å². The molecule has 0 unspecified atom stereocenters. The fourth-order valence-corrected chi connectivity index (χ4v) is 10.8. The molecule has 0 aromatic carbocycles. The molecule has 1 aliphatic heterocycles. The van der Waals surface area contributed by atoms with Gasteiger partial charge in [-0.15, -0.1) is 0 Å². The summed E-state index contributed by atoms with van der Waals surface area (Å²) in [5, 5.41) is 40.4. The molecular formula is C35H60O6. The lowest BCUT2D eigenvalue weighted by Crippen LogP contribution is -2.60. The number of fused-ring (bicyclic) bond motifs is 5. The summed E-state index contributed by atoms with van der Waals surface area (Å²) in [6.45, 7) is 14.5. The van der Waals surface area contributed by atoms with Crippen LogP contribution in [0.2, 0.25) is 0 Å². The summed E-state index contributed by atoms with van der Waals surface area (Å²) in [6.07, 6.45) is 9.92. The number of aliphatic hydroxyl groups excluding tert-OH is 4. The molecule has 236 valence electrons. The minimum atomic E-state index is -1.40. The van der Waals surface area contributed by atoms with E-state index in [1.54, 1.807) is 0 Å². The van der Waals surface area contributed by atoms with Crippen molar-refractivity contribution in [2.75, 3.05) is 6.61 Å². The molecule has 5 aliphatic rings. The van der Waals surface area contributed by atoms with Crippen LogP contribution in [0.15, 0.2) is 11.6 Å². The SMILES string of the molecule is CC[C@H](CC[C@@H](C)[C@H]1CC[C@@H]2[C@H]3CC=C4C[C@@H](O[C@@H]5O[C@H](CO)[C@@H](O)[C@H](O)[C@H]5O)CC[C@]4(C)[C@H]3CC[C@@]21C)C(C)C. The van der Waals surface area contributed by atoms with Gasteiger partial charge in [-0.25, -0.2) is 0 Å². The maximum absolute atomic E-state index is 10.5. The van der Waals surface area contributed by atoms with Gasteiger partial charge in [-0.2, -0.15) is 0 Å². The van der Waals surface area contributed by atoms with Gasteiger partial charge < -0.3 is 29.9 Å². The molecule has 0 radical (unpaired) electrons. The monoisotopic (exact) mass is 576 g/mol. The highest BCUT2D eigenvalue weighted by atomic mass is 16.7. The second-order valence-electron chi connectivity index (χ2n) is 15.7. The van der Waals surface area contributed by atoms with Gasteiger partial charge >= 0.3 is 0 Å². The first-order valence-corrected chi connectivity index (χ1v) is 17.1. The highest BCUT2D eigenvalue weighted by molar-refractivity contribution is 5.25. The van der Waals surface area contributed by atoms with E-state index in [1.165, 1.54) is 56.9 Å². The largest absolute Gasteiger partial charge is 0.394 e. The van der Waals surface area contributed by atoms with Crippen molar-refractivity contribution in [1.82, 2.24) is 0 Å². The molecule has 0 spiro atoms. The molecule has 4 N–H and O–H groups in total. The molecule has 1 heterocycles. The van der Waals surface area contributed by atoms with Crippen molar-refractivity contribution in [2.24, 2.45) is 52.3 Å². The van der Waals surface area contributed by atoms with Crippen molar-refractivity contribution in [1.29, 1.82) is 0 Å². The Morgan fingerprint density at radius 1 is 0.951 bits per heavy atom. The summed E-state index contributed by atoms with van der Waals surface area (Å²) >= 11 is 0. The Balaban J connectivity index is 1.24. The molecule has 3 saturated carbocycles. The number of ether oxygens (including phenoxy) is 2. The van der Waals surface area contributed by atoms with Gasteiger partial charge in [0.15, 0.2) is 6.29 Å². The molecular weight excluding hydrogens is 516 g/mol. The predicted octanol–water partition coefficient (Wildman–Crippen LogP) is 5.85. The van der Waals surface area contributed by atoms with Crippen LogP contribution in [0, 0.1) is 52.3 Å². The van der Waals surface area contributed by atoms with E-state index in [1.807, 2.05) is 0 Å². The third kappa shape index (κ3) is 5.73. The molecule has 0 bridgehead atoms. The van der Waals surface area contributed by atoms with Crippen LogP contribution in [0.4, 0.5) is 0 Å². The van der Waals surface area contributed by atoms with Crippen LogP contribution in [0.1, 0.15) is 112 Å². The Morgan fingerprint density at radius 2 is 1.71 bits per heavy atom. The number of rotatable bonds is 9. The van der Waals surface area contributed by atoms with Gasteiger partial charge in [-0.05, 0) is 110 Å². The number of hydrogen-bond donors (Lipinski definition) is 4. The van der Waals surface area contributed by atoms with Gasteiger partial charge in [-0.3, -0.25) is 0 Å². The third-order valence-corrected chi connectivity index (χ3v) is 13.5. The van der Waals surface area contributed by atoms with Crippen molar-refractivity contribution >= 4 is 0 Å². The number of allylic oxidation sites excluding steroid dienone is 1. The summed E-state index contributed by atoms with van der Waals surface area (Å²) < 4.78 is 11.9. The van der Waals surface area contributed by atoms with Gasteiger partial charge in [0.1, 0.15) is 24.4 Å². The molecule has 6 heteroatoms. The normalized spacial score (nSPS) is 47.7. The zero-order valence-electron chi connectivity index (χ0n) is 26.7. The first-order chi connectivity index (χ1) is 19.4. The number of aliphatic hydroxyl groups is 4. The summed E-state index contributed by atoms with van der Waals surface area (Å²) in [5.74, 6) is 5.66. The summed E-state index contributed by atoms with van der Waals surface area (Å²) in [7, 11) is 0. The summed E-state index contributed by atoms with van der Waals surface area (Å²) in [4.78, 5) is 0. The summed E-state index contributed by atoms with van der Waals surface area (Å²) in [5.41, 5.74) is 2.19. The minimum Gasteiger partial charge on any atom is -0.394 e. The molecule has 6 nitrogen and oxygen atoms in total. The smallest absolute Gasteiger partial charge is 0.186 e. The van der Waals surface area contributed by atoms with E-state index in [4.69, 9.17) is 9.47 Å². The molecule has 4 aliphatic carbocycles. The maximum atomic E-state index is 10.5. The van der Waals surface area contributed by atoms with E-state index < -0.39 is 37.3 Å². The predicted molar refractivity (Wildman–Crippen MR) is 161 cm³/mol. The van der Waals surface area contributed by atoms with Crippen molar-refractivity contribution in [3.63, 3.8) is 0 Å². The van der Waals surface area contributed by atoms with E-state index in [9.17, 15) is 20.4 Å². The Labute approximate surface area is 249 Å². The highest BCUT2D eigenvalue weighted by Crippen LogP contribution is 2.67. The number of hydrogen-bond acceptors (Lipinski definition) is 6. The van der Waals surface area contributed by atoms with Gasteiger partial charge in [0.25, 0.3) is 0 Å². The summed E-state index contributed by atoms with van der Waals surface area (Å²) in [6, 6.07) is 0. The average Bonchev–Trinajstić information content (AvgIpc) is 3.30. The lowest BCUT2D eigenvalue weighted by molar-refractivity contribution is -0.313. The van der Waals surface area contributed by atoms with E-state index in [0.717, 1.165) is 60.7 Å². The molecule has 0 aromatic heterocycles. The lowest BCUT2D eigenvalue weighted by Gasteiger charge is -2.58. The molecule has 1 saturated heterocycles.